The van der Waals surface area contributed by atoms with E-state index in [1.807, 2.05) is 6.92 Å². The van der Waals surface area contributed by atoms with Gasteiger partial charge in [0.2, 0.25) is 5.91 Å². The minimum absolute atomic E-state index is 0.125. The number of aliphatic hydroxyl groups excluding tert-OH is 1. The van der Waals surface area contributed by atoms with E-state index in [0.717, 1.165) is 25.7 Å². The Morgan fingerprint density at radius 3 is 2.74 bits per heavy atom. The second-order valence-corrected chi connectivity index (χ2v) is 8.24. The third kappa shape index (κ3) is 2.87. The highest BCUT2D eigenvalue weighted by molar-refractivity contribution is 5.99. The third-order valence-corrected chi connectivity index (χ3v) is 6.12. The fraction of sp³-hybridized carbons (Fsp3) is 0.632. The van der Waals surface area contributed by atoms with E-state index < -0.39 is 5.54 Å². The van der Waals surface area contributed by atoms with Crippen LogP contribution in [0, 0.1) is 0 Å². The maximum atomic E-state index is 13.0. The van der Waals surface area contributed by atoms with Gasteiger partial charge in [0.15, 0.2) is 0 Å². The lowest BCUT2D eigenvalue weighted by Crippen LogP contribution is -2.63. The van der Waals surface area contributed by atoms with E-state index in [9.17, 15) is 14.7 Å². The normalized spacial score (nSPS) is 28.5. The number of amides is 2. The van der Waals surface area contributed by atoms with Crippen molar-refractivity contribution in [1.82, 2.24) is 25.3 Å². The summed E-state index contributed by atoms with van der Waals surface area (Å²) in [6.45, 7) is 4.04. The van der Waals surface area contributed by atoms with Crippen molar-refractivity contribution >= 4 is 17.5 Å². The van der Waals surface area contributed by atoms with Crippen molar-refractivity contribution in [1.29, 1.82) is 0 Å². The molecule has 8 nitrogen and oxygen atoms in total. The summed E-state index contributed by atoms with van der Waals surface area (Å²) < 4.78 is 1.59. The first kappa shape index (κ1) is 17.9. The van der Waals surface area contributed by atoms with Crippen molar-refractivity contribution in [3.63, 3.8) is 0 Å². The van der Waals surface area contributed by atoms with E-state index in [1.54, 1.807) is 24.7 Å². The molecule has 3 aliphatic rings. The van der Waals surface area contributed by atoms with Gasteiger partial charge in [0.25, 0.3) is 5.91 Å². The Bertz CT molecular complexity index is 823. The number of aromatic nitrogens is 2. The molecule has 0 bridgehead atoms. The van der Waals surface area contributed by atoms with Gasteiger partial charge in [-0.3, -0.25) is 14.3 Å². The molecule has 2 amide bonds. The van der Waals surface area contributed by atoms with Crippen LogP contribution in [-0.4, -0.2) is 56.3 Å². The number of rotatable bonds is 3. The molecule has 3 N–H and O–H groups in total. The zero-order valence-corrected chi connectivity index (χ0v) is 16.1. The molecule has 1 aromatic heterocycles. The number of hydrogen-bond acceptors (Lipinski definition) is 5. The van der Waals surface area contributed by atoms with Crippen LogP contribution in [0.1, 0.15) is 62.1 Å². The highest BCUT2D eigenvalue weighted by atomic mass is 16.3. The highest BCUT2D eigenvalue weighted by Gasteiger charge is 2.47. The van der Waals surface area contributed by atoms with Crippen LogP contribution in [-0.2, 0) is 11.3 Å². The predicted molar refractivity (Wildman–Crippen MR) is 99.9 cm³/mol. The molecule has 0 aromatic carbocycles. The van der Waals surface area contributed by atoms with Crippen LogP contribution < -0.4 is 10.6 Å². The maximum Gasteiger partial charge on any atom is 0.272 e. The zero-order chi connectivity index (χ0) is 19.3. The minimum Gasteiger partial charge on any atom is -0.510 e. The number of likely N-dealkylation sites (N-methyl/N-ethyl adjacent to an activating group) is 1. The molecule has 3 heterocycles. The Hall–Kier alpha value is -2.51. The van der Waals surface area contributed by atoms with E-state index in [1.165, 1.54) is 4.90 Å². The number of nitrogens with one attached hydrogen (secondary N) is 2. The van der Waals surface area contributed by atoms with Crippen molar-refractivity contribution in [3.8, 4) is 0 Å². The topological polar surface area (TPSA) is 99.5 Å². The van der Waals surface area contributed by atoms with Gasteiger partial charge in [-0.1, -0.05) is 12.8 Å². The number of hydrogen-bond donors (Lipinski definition) is 3. The lowest BCUT2D eigenvalue weighted by atomic mass is 9.95. The van der Waals surface area contributed by atoms with Gasteiger partial charge in [-0.05, 0) is 32.8 Å². The monoisotopic (exact) mass is 373 g/mol. The SMILES string of the molecule is CC1CC(O)=C(c2cc3n(n2)CC(C)(C(=O)NC2CCCC2)N(C)C3=O)N1. The molecule has 1 aromatic rings. The van der Waals surface area contributed by atoms with Crippen LogP contribution in [0.2, 0.25) is 0 Å². The molecule has 0 saturated heterocycles. The summed E-state index contributed by atoms with van der Waals surface area (Å²) in [5.41, 5.74) is 0.536. The number of carbonyl (C=O) groups is 2. The fourth-order valence-corrected chi connectivity index (χ4v) is 4.26. The molecule has 27 heavy (non-hydrogen) atoms. The molecule has 0 spiro atoms. The molecular weight excluding hydrogens is 346 g/mol. The van der Waals surface area contributed by atoms with Gasteiger partial charge >= 0.3 is 0 Å². The molecule has 0 radical (unpaired) electrons. The second kappa shape index (κ2) is 6.28. The smallest absolute Gasteiger partial charge is 0.272 e. The van der Waals surface area contributed by atoms with Crippen LogP contribution in [0.25, 0.3) is 5.70 Å². The van der Waals surface area contributed by atoms with Crippen LogP contribution in [0.15, 0.2) is 11.8 Å². The molecule has 8 heteroatoms. The number of nitrogens with zero attached hydrogens (tertiary/aromatic N) is 3. The second-order valence-electron chi connectivity index (χ2n) is 8.24. The Morgan fingerprint density at radius 2 is 2.11 bits per heavy atom. The molecule has 1 fully saturated rings. The van der Waals surface area contributed by atoms with Gasteiger partial charge in [-0.15, -0.1) is 0 Å². The number of aliphatic hydroxyl groups is 1. The Kier molecular flexibility index (Phi) is 4.16. The lowest BCUT2D eigenvalue weighted by Gasteiger charge is -2.41. The van der Waals surface area contributed by atoms with Gasteiger partial charge in [0, 0.05) is 25.6 Å². The van der Waals surface area contributed by atoms with Gasteiger partial charge in [-0.25, -0.2) is 0 Å². The van der Waals surface area contributed by atoms with Crippen LogP contribution in [0.4, 0.5) is 0 Å². The molecule has 1 aliphatic carbocycles. The molecule has 4 rings (SSSR count). The van der Waals surface area contributed by atoms with E-state index >= 15 is 0 Å². The molecule has 2 aliphatic heterocycles. The number of fused-ring (bicyclic) bond motifs is 1. The van der Waals surface area contributed by atoms with Crippen molar-refractivity contribution in [3.05, 3.63) is 23.2 Å². The average molecular weight is 373 g/mol. The molecule has 146 valence electrons. The van der Waals surface area contributed by atoms with Crippen molar-refractivity contribution < 1.29 is 14.7 Å². The summed E-state index contributed by atoms with van der Waals surface area (Å²) in [5.74, 6) is -0.127. The van der Waals surface area contributed by atoms with Gasteiger partial charge in [0.05, 0.1) is 6.54 Å². The standard InChI is InChI=1S/C19H27N5O3/c1-11-8-15(25)16(20-11)13-9-14-17(26)23(3)19(2,10-24(14)22-13)18(27)21-12-6-4-5-7-12/h9,11-12,20,25H,4-8,10H2,1-3H3,(H,21,27). The summed E-state index contributed by atoms with van der Waals surface area (Å²) in [6, 6.07) is 2.00. The number of carbonyl (C=O) groups excluding carboxylic acids is 2. The van der Waals surface area contributed by atoms with E-state index in [0.29, 0.717) is 23.5 Å². The van der Waals surface area contributed by atoms with Crippen molar-refractivity contribution in [2.24, 2.45) is 0 Å². The first-order chi connectivity index (χ1) is 12.8. The first-order valence-corrected chi connectivity index (χ1v) is 9.65. The lowest BCUT2D eigenvalue weighted by molar-refractivity contribution is -0.133. The largest absolute Gasteiger partial charge is 0.510 e. The summed E-state index contributed by atoms with van der Waals surface area (Å²) in [4.78, 5) is 27.4. The molecule has 1 saturated carbocycles. The first-order valence-electron chi connectivity index (χ1n) is 9.65. The van der Waals surface area contributed by atoms with Gasteiger partial charge in [0.1, 0.15) is 28.4 Å². The summed E-state index contributed by atoms with van der Waals surface area (Å²) in [6.07, 6.45) is 4.79. The molecular formula is C19H27N5O3. The highest BCUT2D eigenvalue weighted by Crippen LogP contribution is 2.30. The average Bonchev–Trinajstić information content (AvgIpc) is 3.33. The molecule has 2 atom stereocenters. The fourth-order valence-electron chi connectivity index (χ4n) is 4.26. The summed E-state index contributed by atoms with van der Waals surface area (Å²) in [7, 11) is 1.67. The Morgan fingerprint density at radius 1 is 1.41 bits per heavy atom. The predicted octanol–water partition coefficient (Wildman–Crippen LogP) is 1.39. The third-order valence-electron chi connectivity index (χ3n) is 6.12. The summed E-state index contributed by atoms with van der Waals surface area (Å²) >= 11 is 0. The van der Waals surface area contributed by atoms with Crippen LogP contribution >= 0.6 is 0 Å². The molecule has 2 unspecified atom stereocenters. The minimum atomic E-state index is -0.997. The quantitative estimate of drug-likeness (QED) is 0.744. The van der Waals surface area contributed by atoms with Gasteiger partial charge in [-0.2, -0.15) is 5.10 Å². The maximum absolute atomic E-state index is 13.0. The van der Waals surface area contributed by atoms with Gasteiger partial charge < -0.3 is 20.6 Å². The van der Waals surface area contributed by atoms with Crippen LogP contribution in [0.5, 0.6) is 0 Å². The van der Waals surface area contributed by atoms with E-state index in [-0.39, 0.29) is 36.2 Å². The zero-order valence-electron chi connectivity index (χ0n) is 16.1. The summed E-state index contributed by atoms with van der Waals surface area (Å²) in [5, 5.41) is 21.0. The van der Waals surface area contributed by atoms with Crippen molar-refractivity contribution in [2.45, 2.75) is 70.1 Å². The van der Waals surface area contributed by atoms with E-state index in [4.69, 9.17) is 0 Å². The van der Waals surface area contributed by atoms with Crippen LogP contribution in [0.3, 0.4) is 0 Å². The van der Waals surface area contributed by atoms with E-state index in [2.05, 4.69) is 15.7 Å². The Balaban J connectivity index is 1.62. The van der Waals surface area contributed by atoms with Crippen molar-refractivity contribution in [2.75, 3.05) is 7.05 Å². The Labute approximate surface area is 158 Å².